The minimum Gasteiger partial charge on any atom is -0.480 e. The van der Waals surface area contributed by atoms with Gasteiger partial charge in [0.25, 0.3) is 0 Å². The molecule has 0 heterocycles. The summed E-state index contributed by atoms with van der Waals surface area (Å²) in [5.74, 6) is 0.128. The Morgan fingerprint density at radius 3 is 2.10 bits per heavy atom. The number of carboxylic acids is 1. The van der Waals surface area contributed by atoms with Gasteiger partial charge in [0.15, 0.2) is 0 Å². The number of rotatable bonds is 8. The van der Waals surface area contributed by atoms with Crippen molar-refractivity contribution in [2.45, 2.75) is 18.6 Å². The number of carbonyl (C=O) groups excluding carboxylic acids is 1. The summed E-state index contributed by atoms with van der Waals surface area (Å²) in [7, 11) is 0. The number of alkyl carbamates (subject to hydrolysis) is 1. The molecule has 158 valence electrons. The maximum absolute atomic E-state index is 12.1. The second kappa shape index (κ2) is 9.71. The predicted molar refractivity (Wildman–Crippen MR) is 122 cm³/mol. The molecule has 3 aromatic carbocycles. The van der Waals surface area contributed by atoms with Gasteiger partial charge in [-0.3, -0.25) is 0 Å². The largest absolute Gasteiger partial charge is 0.480 e. The smallest absolute Gasteiger partial charge is 0.408 e. The Hall–Kier alpha value is -3.25. The first-order valence-electron chi connectivity index (χ1n) is 10.1. The molecule has 0 bridgehead atoms. The SMILES string of the molecule is O=C(N[C@H](CSCC1c2ccccc2-c2ccccc21)C(=O)O)OCc1ccccc1. The number of hydrogen-bond acceptors (Lipinski definition) is 4. The molecule has 2 N–H and O–H groups in total. The van der Waals surface area contributed by atoms with Gasteiger partial charge in [-0.15, -0.1) is 0 Å². The lowest BCUT2D eigenvalue weighted by Gasteiger charge is -2.17. The maximum Gasteiger partial charge on any atom is 0.408 e. The van der Waals surface area contributed by atoms with Crippen LogP contribution in [0.5, 0.6) is 0 Å². The number of carbonyl (C=O) groups is 2. The fraction of sp³-hybridized carbons (Fsp3) is 0.200. The van der Waals surface area contributed by atoms with E-state index in [2.05, 4.69) is 29.6 Å². The van der Waals surface area contributed by atoms with Crippen molar-refractivity contribution >= 4 is 23.8 Å². The quantitative estimate of drug-likeness (QED) is 0.528. The molecule has 0 spiro atoms. The predicted octanol–water partition coefficient (Wildman–Crippen LogP) is 4.91. The summed E-state index contributed by atoms with van der Waals surface area (Å²) in [6, 6.07) is 24.9. The van der Waals surface area contributed by atoms with E-state index >= 15 is 0 Å². The molecular formula is C25H23NO4S. The van der Waals surface area contributed by atoms with Crippen LogP contribution in [0.2, 0.25) is 0 Å². The molecule has 0 radical (unpaired) electrons. The first-order chi connectivity index (χ1) is 15.1. The number of benzene rings is 3. The average molecular weight is 434 g/mol. The van der Waals surface area contributed by atoms with Gasteiger partial charge in [0.2, 0.25) is 0 Å². The minimum absolute atomic E-state index is 0.0990. The van der Waals surface area contributed by atoms with E-state index in [4.69, 9.17) is 4.74 Å². The van der Waals surface area contributed by atoms with Crippen LogP contribution < -0.4 is 5.32 Å². The average Bonchev–Trinajstić information content (AvgIpc) is 3.11. The minimum atomic E-state index is -1.07. The number of fused-ring (bicyclic) bond motifs is 3. The van der Waals surface area contributed by atoms with Gasteiger partial charge >= 0.3 is 12.1 Å². The number of ether oxygens (including phenoxy) is 1. The molecule has 5 nitrogen and oxygen atoms in total. The second-order valence-electron chi connectivity index (χ2n) is 7.36. The molecule has 6 heteroatoms. The number of thioether (sulfide) groups is 1. The fourth-order valence-corrected chi connectivity index (χ4v) is 5.02. The molecule has 4 rings (SSSR count). The molecule has 1 aliphatic carbocycles. The first kappa shape index (κ1) is 21.0. The van der Waals surface area contributed by atoms with Crippen LogP contribution >= 0.6 is 11.8 Å². The lowest BCUT2D eigenvalue weighted by molar-refractivity contribution is -0.138. The summed E-state index contributed by atoms with van der Waals surface area (Å²) in [6.07, 6.45) is -0.728. The third kappa shape index (κ3) is 4.91. The van der Waals surface area contributed by atoms with E-state index in [9.17, 15) is 14.7 Å². The molecule has 0 aliphatic heterocycles. The number of nitrogens with one attached hydrogen (secondary N) is 1. The van der Waals surface area contributed by atoms with Crippen molar-refractivity contribution in [2.24, 2.45) is 0 Å². The molecule has 1 atom stereocenters. The van der Waals surface area contributed by atoms with Crippen LogP contribution in [0.1, 0.15) is 22.6 Å². The highest BCUT2D eigenvalue weighted by Crippen LogP contribution is 2.45. The topological polar surface area (TPSA) is 75.6 Å². The van der Waals surface area contributed by atoms with Crippen molar-refractivity contribution in [3.8, 4) is 11.1 Å². The van der Waals surface area contributed by atoms with Crippen molar-refractivity contribution in [2.75, 3.05) is 11.5 Å². The molecule has 1 amide bonds. The summed E-state index contributed by atoms with van der Waals surface area (Å²) in [4.78, 5) is 23.7. The Morgan fingerprint density at radius 1 is 0.903 bits per heavy atom. The molecule has 0 saturated heterocycles. The van der Waals surface area contributed by atoms with Crippen molar-refractivity contribution in [1.82, 2.24) is 5.32 Å². The van der Waals surface area contributed by atoms with E-state index < -0.39 is 18.1 Å². The lowest BCUT2D eigenvalue weighted by atomic mass is 9.99. The van der Waals surface area contributed by atoms with Gasteiger partial charge in [-0.25, -0.2) is 9.59 Å². The van der Waals surface area contributed by atoms with E-state index in [1.807, 2.05) is 54.6 Å². The van der Waals surface area contributed by atoms with E-state index in [0.29, 0.717) is 0 Å². The van der Waals surface area contributed by atoms with E-state index in [1.54, 1.807) is 0 Å². The van der Waals surface area contributed by atoms with E-state index in [-0.39, 0.29) is 18.3 Å². The van der Waals surface area contributed by atoms with Crippen LogP contribution in [0.4, 0.5) is 4.79 Å². The Labute approximate surface area is 185 Å². The molecule has 31 heavy (non-hydrogen) atoms. The molecule has 0 unspecified atom stereocenters. The molecule has 3 aromatic rings. The lowest BCUT2D eigenvalue weighted by Crippen LogP contribution is -2.42. The van der Waals surface area contributed by atoms with Crippen LogP contribution in [0.3, 0.4) is 0 Å². The van der Waals surface area contributed by atoms with Crippen molar-refractivity contribution in [3.05, 3.63) is 95.6 Å². The first-order valence-corrected chi connectivity index (χ1v) is 11.2. The molecule has 0 fully saturated rings. The molecule has 0 saturated carbocycles. The third-order valence-electron chi connectivity index (χ3n) is 5.33. The van der Waals surface area contributed by atoms with Gasteiger partial charge in [-0.2, -0.15) is 11.8 Å². The summed E-state index contributed by atoms with van der Waals surface area (Å²) < 4.78 is 5.16. The highest BCUT2D eigenvalue weighted by Gasteiger charge is 2.29. The Balaban J connectivity index is 1.34. The van der Waals surface area contributed by atoms with Crippen LogP contribution in [0, 0.1) is 0 Å². The highest BCUT2D eigenvalue weighted by molar-refractivity contribution is 7.99. The second-order valence-corrected chi connectivity index (χ2v) is 8.44. The van der Waals surface area contributed by atoms with Crippen molar-refractivity contribution in [1.29, 1.82) is 0 Å². The zero-order valence-electron chi connectivity index (χ0n) is 16.9. The van der Waals surface area contributed by atoms with Gasteiger partial charge in [0.1, 0.15) is 12.6 Å². The normalized spacial score (nSPS) is 13.2. The van der Waals surface area contributed by atoms with E-state index in [1.165, 1.54) is 34.0 Å². The summed E-state index contributed by atoms with van der Waals surface area (Å²) >= 11 is 1.52. The zero-order chi connectivity index (χ0) is 21.6. The summed E-state index contributed by atoms with van der Waals surface area (Å²) in [6.45, 7) is 0.0990. The molecule has 0 aromatic heterocycles. The number of hydrogen-bond donors (Lipinski definition) is 2. The fourth-order valence-electron chi connectivity index (χ4n) is 3.82. The molecule has 1 aliphatic rings. The summed E-state index contributed by atoms with van der Waals surface area (Å²) in [5, 5.41) is 12.0. The maximum atomic E-state index is 12.1. The molecular weight excluding hydrogens is 410 g/mol. The van der Waals surface area contributed by atoms with Crippen LogP contribution in [-0.2, 0) is 16.1 Å². The monoisotopic (exact) mass is 433 g/mol. The van der Waals surface area contributed by atoms with Gasteiger partial charge in [0, 0.05) is 17.4 Å². The number of carboxylic acid groups (broad SMARTS) is 1. The highest BCUT2D eigenvalue weighted by atomic mass is 32.2. The van der Waals surface area contributed by atoms with Crippen LogP contribution in [0.25, 0.3) is 11.1 Å². The number of aliphatic carboxylic acids is 1. The Kier molecular flexibility index (Phi) is 6.57. The van der Waals surface area contributed by atoms with Crippen molar-refractivity contribution < 1.29 is 19.4 Å². The van der Waals surface area contributed by atoms with E-state index in [0.717, 1.165) is 11.3 Å². The van der Waals surface area contributed by atoms with Crippen LogP contribution in [-0.4, -0.2) is 34.7 Å². The third-order valence-corrected chi connectivity index (χ3v) is 6.47. The zero-order valence-corrected chi connectivity index (χ0v) is 17.7. The Morgan fingerprint density at radius 2 is 1.48 bits per heavy atom. The standard InChI is InChI=1S/C25H23NO4S/c27-24(28)23(26-25(29)30-14-17-8-2-1-3-9-17)16-31-15-22-20-12-6-4-10-18(20)19-11-5-7-13-21(19)22/h1-13,22-23H,14-16H2,(H,26,29)(H,27,28)/t23-/m1/s1. The summed E-state index contributed by atoms with van der Waals surface area (Å²) in [5.41, 5.74) is 5.84. The van der Waals surface area contributed by atoms with Gasteiger partial charge in [-0.1, -0.05) is 78.9 Å². The van der Waals surface area contributed by atoms with Gasteiger partial charge < -0.3 is 15.2 Å². The number of amides is 1. The van der Waals surface area contributed by atoms with Crippen molar-refractivity contribution in [3.63, 3.8) is 0 Å². The van der Waals surface area contributed by atoms with Crippen LogP contribution in [0.15, 0.2) is 78.9 Å². The Bertz CT molecular complexity index is 1020. The van der Waals surface area contributed by atoms with Gasteiger partial charge in [0.05, 0.1) is 0 Å². The van der Waals surface area contributed by atoms with Gasteiger partial charge in [-0.05, 0) is 27.8 Å².